The maximum absolute atomic E-state index is 12.9. The van der Waals surface area contributed by atoms with Gasteiger partial charge >= 0.3 is 0 Å². The van der Waals surface area contributed by atoms with Crippen molar-refractivity contribution in [1.82, 2.24) is 9.88 Å². The monoisotopic (exact) mass is 358 g/mol. The van der Waals surface area contributed by atoms with Crippen molar-refractivity contribution in [1.29, 1.82) is 0 Å². The highest BCUT2D eigenvalue weighted by Gasteiger charge is 2.30. The van der Waals surface area contributed by atoms with Gasteiger partial charge in [0.05, 0.1) is 17.8 Å². The topological polar surface area (TPSA) is 42.4 Å². The van der Waals surface area contributed by atoms with Gasteiger partial charge in [0.2, 0.25) is 0 Å². The predicted octanol–water partition coefficient (Wildman–Crippen LogP) is 4.43. The summed E-state index contributed by atoms with van der Waals surface area (Å²) in [6.07, 6.45) is 4.27. The van der Waals surface area contributed by atoms with E-state index in [1.165, 1.54) is 5.56 Å². The fourth-order valence-electron chi connectivity index (χ4n) is 3.32. The molecule has 1 saturated heterocycles. The second-order valence-corrected chi connectivity index (χ2v) is 7.72. The van der Waals surface area contributed by atoms with Crippen molar-refractivity contribution in [3.8, 4) is 5.75 Å². The lowest BCUT2D eigenvalue weighted by Gasteiger charge is -2.16. The molecule has 134 valence electrons. The number of methoxy groups -OCH3 is 1. The lowest BCUT2D eigenvalue weighted by atomic mass is 9.98. The second kappa shape index (κ2) is 8.00. The Hall–Kier alpha value is -1.88. The molecule has 25 heavy (non-hydrogen) atoms. The van der Waals surface area contributed by atoms with Gasteiger partial charge in [-0.1, -0.05) is 25.5 Å². The highest BCUT2D eigenvalue weighted by Crippen LogP contribution is 2.31. The van der Waals surface area contributed by atoms with Crippen molar-refractivity contribution in [2.24, 2.45) is 0 Å². The van der Waals surface area contributed by atoms with Crippen LogP contribution in [0.15, 0.2) is 24.3 Å². The van der Waals surface area contributed by atoms with Crippen LogP contribution in [0.1, 0.15) is 58.0 Å². The molecule has 5 heteroatoms. The minimum atomic E-state index is 0.147. The first-order chi connectivity index (χ1) is 12.1. The number of likely N-dealkylation sites (tertiary alicyclic amines) is 1. The first-order valence-electron chi connectivity index (χ1n) is 9.02. The summed E-state index contributed by atoms with van der Waals surface area (Å²) < 4.78 is 5.22. The average Bonchev–Trinajstić information content (AvgIpc) is 3.26. The first kappa shape index (κ1) is 17.9. The van der Waals surface area contributed by atoms with Crippen LogP contribution < -0.4 is 4.74 Å². The summed E-state index contributed by atoms with van der Waals surface area (Å²) in [5.41, 5.74) is 2.16. The van der Waals surface area contributed by atoms with Gasteiger partial charge in [-0.05, 0) is 43.9 Å². The summed E-state index contributed by atoms with van der Waals surface area (Å²) in [4.78, 5) is 20.3. The standard InChI is InChI=1S/C20H26N2O2S/c1-4-5-6-18-21-14(2)19(25-18)20(23)22-12-11-16(13-22)15-7-9-17(24-3)10-8-15/h7-10,16H,4-6,11-13H2,1-3H3. The summed E-state index contributed by atoms with van der Waals surface area (Å²) in [6.45, 7) is 5.73. The maximum Gasteiger partial charge on any atom is 0.265 e. The Kier molecular flexibility index (Phi) is 5.74. The Morgan fingerprint density at radius 2 is 2.12 bits per heavy atom. The molecule has 0 saturated carbocycles. The van der Waals surface area contributed by atoms with Crippen molar-refractivity contribution in [2.45, 2.75) is 45.4 Å². The van der Waals surface area contributed by atoms with E-state index < -0.39 is 0 Å². The Balaban J connectivity index is 1.66. The summed E-state index contributed by atoms with van der Waals surface area (Å²) in [6, 6.07) is 8.21. The summed E-state index contributed by atoms with van der Waals surface area (Å²) in [7, 11) is 1.68. The third-order valence-corrected chi connectivity index (χ3v) is 6.05. The molecule has 2 aromatic rings. The zero-order chi connectivity index (χ0) is 17.8. The number of amides is 1. The molecule has 0 aliphatic carbocycles. The molecule has 0 radical (unpaired) electrons. The maximum atomic E-state index is 12.9. The molecule has 0 bridgehead atoms. The molecule has 1 atom stereocenters. The number of aromatic nitrogens is 1. The number of hydrogen-bond acceptors (Lipinski definition) is 4. The van der Waals surface area contributed by atoms with E-state index in [4.69, 9.17) is 4.74 Å². The number of aryl methyl sites for hydroxylation is 2. The normalized spacial score (nSPS) is 17.1. The van der Waals surface area contributed by atoms with E-state index in [1.54, 1.807) is 18.4 Å². The van der Waals surface area contributed by atoms with Gasteiger partial charge in [-0.3, -0.25) is 4.79 Å². The second-order valence-electron chi connectivity index (χ2n) is 6.64. The number of nitrogens with zero attached hydrogens (tertiary/aromatic N) is 2. The van der Waals surface area contributed by atoms with Crippen molar-refractivity contribution >= 4 is 17.2 Å². The summed E-state index contributed by atoms with van der Waals surface area (Å²) in [5, 5.41) is 1.09. The Morgan fingerprint density at radius 1 is 1.36 bits per heavy atom. The largest absolute Gasteiger partial charge is 0.497 e. The number of hydrogen-bond donors (Lipinski definition) is 0. The fraction of sp³-hybridized carbons (Fsp3) is 0.500. The van der Waals surface area contributed by atoms with Crippen molar-refractivity contribution in [3.05, 3.63) is 45.4 Å². The van der Waals surface area contributed by atoms with E-state index >= 15 is 0 Å². The Bertz CT molecular complexity index is 724. The number of ether oxygens (including phenoxy) is 1. The molecule has 0 spiro atoms. The third-order valence-electron chi connectivity index (χ3n) is 4.84. The van der Waals surface area contributed by atoms with Crippen LogP contribution in [-0.2, 0) is 6.42 Å². The van der Waals surface area contributed by atoms with Crippen LogP contribution in [0.5, 0.6) is 5.75 Å². The summed E-state index contributed by atoms with van der Waals surface area (Å²) >= 11 is 1.58. The number of rotatable bonds is 6. The molecule has 2 heterocycles. The smallest absolute Gasteiger partial charge is 0.265 e. The fourth-order valence-corrected chi connectivity index (χ4v) is 4.40. The highest BCUT2D eigenvalue weighted by molar-refractivity contribution is 7.13. The van der Waals surface area contributed by atoms with Gasteiger partial charge in [-0.15, -0.1) is 11.3 Å². The first-order valence-corrected chi connectivity index (χ1v) is 9.83. The van der Waals surface area contributed by atoms with Gasteiger partial charge in [-0.25, -0.2) is 4.98 Å². The number of unbranched alkanes of at least 4 members (excludes halogenated alkanes) is 1. The lowest BCUT2D eigenvalue weighted by molar-refractivity contribution is 0.0794. The van der Waals surface area contributed by atoms with Gasteiger partial charge in [0.15, 0.2) is 0 Å². The SMILES string of the molecule is CCCCc1nc(C)c(C(=O)N2CCC(c3ccc(OC)cc3)C2)s1. The van der Waals surface area contributed by atoms with Gasteiger partial charge in [-0.2, -0.15) is 0 Å². The molecular formula is C20H26N2O2S. The lowest BCUT2D eigenvalue weighted by Crippen LogP contribution is -2.28. The minimum absolute atomic E-state index is 0.147. The van der Waals surface area contributed by atoms with Crippen molar-refractivity contribution in [2.75, 3.05) is 20.2 Å². The van der Waals surface area contributed by atoms with E-state index in [9.17, 15) is 4.79 Å². The average molecular weight is 359 g/mol. The van der Waals surface area contributed by atoms with Gasteiger partial charge in [0, 0.05) is 19.0 Å². The molecule has 1 aliphatic heterocycles. The van der Waals surface area contributed by atoms with Crippen LogP contribution in [0.2, 0.25) is 0 Å². The van der Waals surface area contributed by atoms with Gasteiger partial charge in [0.1, 0.15) is 10.6 Å². The third kappa shape index (κ3) is 4.03. The molecule has 1 aromatic carbocycles. The molecule has 1 aliphatic rings. The quantitative estimate of drug-likeness (QED) is 0.767. The van der Waals surface area contributed by atoms with Crippen molar-refractivity contribution < 1.29 is 9.53 Å². The number of carbonyl (C=O) groups excluding carboxylic acids is 1. The van der Waals surface area contributed by atoms with Gasteiger partial charge in [0.25, 0.3) is 5.91 Å². The molecular weight excluding hydrogens is 332 g/mol. The van der Waals surface area contributed by atoms with Crippen LogP contribution in [0.3, 0.4) is 0 Å². The number of thiazole rings is 1. The molecule has 1 unspecified atom stereocenters. The predicted molar refractivity (Wildman–Crippen MR) is 102 cm³/mol. The van der Waals surface area contributed by atoms with Crippen molar-refractivity contribution in [3.63, 3.8) is 0 Å². The Morgan fingerprint density at radius 3 is 2.80 bits per heavy atom. The zero-order valence-electron chi connectivity index (χ0n) is 15.2. The van der Waals surface area contributed by atoms with Crippen LogP contribution >= 0.6 is 11.3 Å². The van der Waals surface area contributed by atoms with Crippen LogP contribution in [0.4, 0.5) is 0 Å². The molecule has 1 amide bonds. The Labute approximate surface area is 153 Å². The minimum Gasteiger partial charge on any atom is -0.497 e. The highest BCUT2D eigenvalue weighted by atomic mass is 32.1. The summed E-state index contributed by atoms with van der Waals surface area (Å²) in [5.74, 6) is 1.42. The van der Waals surface area contributed by atoms with E-state index in [-0.39, 0.29) is 5.91 Å². The number of benzene rings is 1. The van der Waals surface area contributed by atoms with Crippen LogP contribution in [0.25, 0.3) is 0 Å². The van der Waals surface area contributed by atoms with E-state index in [2.05, 4.69) is 24.0 Å². The molecule has 3 rings (SSSR count). The number of carbonyl (C=O) groups is 1. The van der Waals surface area contributed by atoms with Crippen LogP contribution in [0, 0.1) is 6.92 Å². The zero-order valence-corrected chi connectivity index (χ0v) is 16.1. The molecule has 1 fully saturated rings. The van der Waals surface area contributed by atoms with E-state index in [0.717, 1.165) is 60.1 Å². The van der Waals surface area contributed by atoms with E-state index in [0.29, 0.717) is 5.92 Å². The molecule has 4 nitrogen and oxygen atoms in total. The van der Waals surface area contributed by atoms with Gasteiger partial charge < -0.3 is 9.64 Å². The molecule has 1 aromatic heterocycles. The molecule has 0 N–H and O–H groups in total. The van der Waals surface area contributed by atoms with Crippen LogP contribution in [-0.4, -0.2) is 36.0 Å². The van der Waals surface area contributed by atoms with E-state index in [1.807, 2.05) is 24.0 Å².